The van der Waals surface area contributed by atoms with E-state index in [-0.39, 0.29) is 42.3 Å². The van der Waals surface area contributed by atoms with Crippen LogP contribution in [0.4, 0.5) is 15.8 Å². The molecule has 2 unspecified atom stereocenters. The number of aromatic amines is 1. The SMILES string of the molecule is Cl.O=C(Nc1ccc([C@@H]2CCC(c3ccc(-c4cnc([C@@H]5CCCN5)[nH]4)cc3)N2c2ccc(F)cc2)cc1)C1CCCN1. The Labute approximate surface area is 258 Å². The first-order valence-corrected chi connectivity index (χ1v) is 15.2. The molecule has 0 aliphatic carbocycles. The molecule has 3 aliphatic rings. The average molecular weight is 601 g/mol. The topological polar surface area (TPSA) is 85.1 Å². The summed E-state index contributed by atoms with van der Waals surface area (Å²) < 4.78 is 13.9. The van der Waals surface area contributed by atoms with Crippen molar-refractivity contribution in [1.82, 2.24) is 20.6 Å². The highest BCUT2D eigenvalue weighted by Gasteiger charge is 2.35. The maximum Gasteiger partial charge on any atom is 0.241 e. The molecule has 3 aromatic carbocycles. The van der Waals surface area contributed by atoms with Gasteiger partial charge in [-0.3, -0.25) is 4.79 Å². The van der Waals surface area contributed by atoms with Crippen LogP contribution < -0.4 is 20.9 Å². The van der Waals surface area contributed by atoms with Crippen LogP contribution in [0.15, 0.2) is 79.0 Å². The third-order valence-electron chi connectivity index (χ3n) is 9.04. The molecule has 1 aromatic heterocycles. The fraction of sp³-hybridized carbons (Fsp3) is 0.353. The number of rotatable bonds is 7. The Balaban J connectivity index is 0.00000329. The van der Waals surface area contributed by atoms with E-state index in [1.54, 1.807) is 0 Å². The number of anilines is 2. The smallest absolute Gasteiger partial charge is 0.241 e. The highest BCUT2D eigenvalue weighted by molar-refractivity contribution is 5.95. The Morgan fingerprint density at radius 3 is 2.09 bits per heavy atom. The molecule has 4 N–H and O–H groups in total. The lowest BCUT2D eigenvalue weighted by Crippen LogP contribution is -2.35. The van der Waals surface area contributed by atoms with Gasteiger partial charge < -0.3 is 25.8 Å². The maximum atomic E-state index is 13.9. The number of halogens is 2. The molecule has 4 aromatic rings. The average Bonchev–Trinajstić information content (AvgIpc) is 3.85. The largest absolute Gasteiger partial charge is 0.357 e. The Morgan fingerprint density at radius 1 is 0.814 bits per heavy atom. The predicted octanol–water partition coefficient (Wildman–Crippen LogP) is 6.84. The number of carbonyl (C=O) groups is 1. The zero-order valence-electron chi connectivity index (χ0n) is 24.1. The second kappa shape index (κ2) is 12.9. The molecule has 4 atom stereocenters. The predicted molar refractivity (Wildman–Crippen MR) is 171 cm³/mol. The van der Waals surface area contributed by atoms with Gasteiger partial charge in [-0.05, 0) is 105 Å². The third-order valence-corrected chi connectivity index (χ3v) is 9.04. The minimum atomic E-state index is -0.237. The van der Waals surface area contributed by atoms with E-state index < -0.39 is 0 Å². The standard InChI is InChI=1S/C34H37FN6O.ClH/c35-25-11-15-27(16-12-25)41-31(23-7-5-22(6-8-23)30-21-38-33(40-30)28-3-1-19-36-28)17-18-32(41)24-9-13-26(14-10-24)39-34(42)29-4-2-20-37-29;/h5-16,21,28-29,31-32,36-37H,1-4,17-20H2,(H,38,40)(H,39,42);1H/t28-,29?,31?,32-;/m0./s1. The lowest BCUT2D eigenvalue weighted by molar-refractivity contribution is -0.117. The van der Waals surface area contributed by atoms with Crippen molar-refractivity contribution in [2.24, 2.45) is 0 Å². The van der Waals surface area contributed by atoms with Crippen LogP contribution in [0.25, 0.3) is 11.3 Å². The van der Waals surface area contributed by atoms with Gasteiger partial charge in [0.1, 0.15) is 11.6 Å². The number of aromatic nitrogens is 2. The molecular weight excluding hydrogens is 563 g/mol. The van der Waals surface area contributed by atoms with Gasteiger partial charge in [0, 0.05) is 11.4 Å². The number of nitrogens with one attached hydrogen (secondary N) is 4. The van der Waals surface area contributed by atoms with Gasteiger partial charge in [0.2, 0.25) is 5.91 Å². The van der Waals surface area contributed by atoms with Crippen molar-refractivity contribution in [3.05, 3.63) is 102 Å². The number of benzene rings is 3. The van der Waals surface area contributed by atoms with Crippen LogP contribution in [0.3, 0.4) is 0 Å². The Kier molecular flexibility index (Phi) is 8.79. The molecule has 9 heteroatoms. The minimum absolute atomic E-state index is 0. The third kappa shape index (κ3) is 6.18. The molecule has 1 amide bonds. The van der Waals surface area contributed by atoms with Crippen molar-refractivity contribution >= 4 is 29.7 Å². The lowest BCUT2D eigenvalue weighted by atomic mass is 10.0. The quantitative estimate of drug-likeness (QED) is 0.187. The second-order valence-corrected chi connectivity index (χ2v) is 11.7. The monoisotopic (exact) mass is 600 g/mol. The molecule has 3 aliphatic heterocycles. The molecule has 7 rings (SSSR count). The number of amides is 1. The van der Waals surface area contributed by atoms with E-state index in [1.165, 1.54) is 29.7 Å². The summed E-state index contributed by atoms with van der Waals surface area (Å²) in [5.41, 5.74) is 6.36. The molecule has 7 nitrogen and oxygen atoms in total. The van der Waals surface area contributed by atoms with E-state index in [2.05, 4.69) is 67.2 Å². The van der Waals surface area contributed by atoms with Crippen molar-refractivity contribution in [2.45, 2.75) is 62.7 Å². The summed E-state index contributed by atoms with van der Waals surface area (Å²) >= 11 is 0. The van der Waals surface area contributed by atoms with Gasteiger partial charge in [-0.15, -0.1) is 12.4 Å². The molecular formula is C34H38ClFN6O. The number of carbonyl (C=O) groups excluding carboxylic acids is 1. The van der Waals surface area contributed by atoms with Crippen LogP contribution in [0, 0.1) is 5.82 Å². The van der Waals surface area contributed by atoms with E-state index in [9.17, 15) is 9.18 Å². The van der Waals surface area contributed by atoms with Crippen LogP contribution in [-0.2, 0) is 4.79 Å². The molecule has 3 fully saturated rings. The van der Waals surface area contributed by atoms with Crippen molar-refractivity contribution in [3.63, 3.8) is 0 Å². The molecule has 0 bridgehead atoms. The molecule has 43 heavy (non-hydrogen) atoms. The summed E-state index contributed by atoms with van der Waals surface area (Å²) in [7, 11) is 0. The summed E-state index contributed by atoms with van der Waals surface area (Å²) in [6.45, 7) is 1.94. The minimum Gasteiger partial charge on any atom is -0.357 e. The Hall–Kier alpha value is -3.72. The fourth-order valence-electron chi connectivity index (χ4n) is 6.83. The summed E-state index contributed by atoms with van der Waals surface area (Å²) in [6.07, 6.45) is 8.09. The van der Waals surface area contributed by atoms with Gasteiger partial charge in [0.15, 0.2) is 0 Å². The van der Waals surface area contributed by atoms with E-state index >= 15 is 0 Å². The number of nitrogens with zero attached hydrogens (tertiary/aromatic N) is 2. The van der Waals surface area contributed by atoms with Gasteiger partial charge in [-0.2, -0.15) is 0 Å². The van der Waals surface area contributed by atoms with E-state index in [1.807, 2.05) is 30.5 Å². The highest BCUT2D eigenvalue weighted by Crippen LogP contribution is 2.47. The van der Waals surface area contributed by atoms with E-state index in [0.717, 1.165) is 73.7 Å². The molecule has 0 spiro atoms. The van der Waals surface area contributed by atoms with Crippen LogP contribution in [0.1, 0.15) is 73.6 Å². The number of H-pyrrole nitrogens is 1. The van der Waals surface area contributed by atoms with Crippen molar-refractivity contribution in [1.29, 1.82) is 0 Å². The zero-order chi connectivity index (χ0) is 28.5. The summed E-state index contributed by atoms with van der Waals surface area (Å²) in [6, 6.07) is 24.3. The fourth-order valence-corrected chi connectivity index (χ4v) is 6.83. The van der Waals surface area contributed by atoms with E-state index in [0.29, 0.717) is 6.04 Å². The molecule has 0 saturated carbocycles. The van der Waals surface area contributed by atoms with Crippen LogP contribution >= 0.6 is 12.4 Å². The first-order chi connectivity index (χ1) is 20.6. The Morgan fingerprint density at radius 2 is 1.47 bits per heavy atom. The van der Waals surface area contributed by atoms with Crippen LogP contribution in [0.5, 0.6) is 0 Å². The number of hydrogen-bond acceptors (Lipinski definition) is 5. The second-order valence-electron chi connectivity index (χ2n) is 11.7. The van der Waals surface area contributed by atoms with Crippen LogP contribution in [0.2, 0.25) is 0 Å². The normalized spacial score (nSPS) is 23.3. The van der Waals surface area contributed by atoms with Gasteiger partial charge in [0.25, 0.3) is 0 Å². The molecule has 224 valence electrons. The Bertz CT molecular complexity index is 1510. The van der Waals surface area contributed by atoms with Gasteiger partial charge in [-0.25, -0.2) is 9.37 Å². The maximum absolute atomic E-state index is 13.9. The van der Waals surface area contributed by atoms with Crippen molar-refractivity contribution in [3.8, 4) is 11.3 Å². The number of hydrogen-bond donors (Lipinski definition) is 4. The first kappa shape index (κ1) is 29.4. The van der Waals surface area contributed by atoms with E-state index in [4.69, 9.17) is 0 Å². The molecule has 0 radical (unpaired) electrons. The summed E-state index contributed by atoms with van der Waals surface area (Å²) in [4.78, 5) is 23.1. The highest BCUT2D eigenvalue weighted by atomic mass is 35.5. The summed E-state index contributed by atoms with van der Waals surface area (Å²) in [5, 5.41) is 9.81. The van der Waals surface area contributed by atoms with Gasteiger partial charge in [0.05, 0.1) is 36.1 Å². The zero-order valence-corrected chi connectivity index (χ0v) is 24.9. The van der Waals surface area contributed by atoms with Crippen molar-refractivity contribution < 1.29 is 9.18 Å². The summed E-state index contributed by atoms with van der Waals surface area (Å²) in [5.74, 6) is 0.798. The number of imidazole rings is 1. The lowest BCUT2D eigenvalue weighted by Gasteiger charge is -2.33. The van der Waals surface area contributed by atoms with Gasteiger partial charge in [-0.1, -0.05) is 36.4 Å². The van der Waals surface area contributed by atoms with Gasteiger partial charge >= 0.3 is 0 Å². The van der Waals surface area contributed by atoms with Crippen LogP contribution in [-0.4, -0.2) is 35.0 Å². The van der Waals surface area contributed by atoms with Crippen molar-refractivity contribution in [2.75, 3.05) is 23.3 Å². The molecule has 4 heterocycles. The first-order valence-electron chi connectivity index (χ1n) is 15.2. The molecule has 3 saturated heterocycles.